The summed E-state index contributed by atoms with van der Waals surface area (Å²) in [6.07, 6.45) is 2.72. The maximum Gasteiger partial charge on any atom is 0.0641 e. The van der Waals surface area contributed by atoms with Gasteiger partial charge in [-0.25, -0.2) is 0 Å². The molecule has 3 heteroatoms. The number of anilines is 1. The molecule has 1 aliphatic carbocycles. The number of rotatable bonds is 9. The fourth-order valence-electron chi connectivity index (χ4n) is 2.40. The molecule has 1 aromatic rings. The Morgan fingerprint density at radius 2 is 2.10 bits per heavy atom. The quantitative estimate of drug-likeness (QED) is 0.706. The van der Waals surface area contributed by atoms with Gasteiger partial charge in [0.15, 0.2) is 0 Å². The number of ether oxygens (including phenoxy) is 1. The van der Waals surface area contributed by atoms with Crippen LogP contribution in [0.3, 0.4) is 0 Å². The Hall–Kier alpha value is -1.06. The third kappa shape index (κ3) is 5.68. The zero-order valence-electron chi connectivity index (χ0n) is 14.0. The molecule has 0 saturated heterocycles. The van der Waals surface area contributed by atoms with Crippen molar-refractivity contribution in [2.75, 3.05) is 31.7 Å². The van der Waals surface area contributed by atoms with Gasteiger partial charge in [0, 0.05) is 38.5 Å². The summed E-state index contributed by atoms with van der Waals surface area (Å²) in [6.45, 7) is 10.2. The second-order valence-corrected chi connectivity index (χ2v) is 6.61. The van der Waals surface area contributed by atoms with Crippen LogP contribution in [0.15, 0.2) is 18.2 Å². The average molecular weight is 290 g/mol. The average Bonchev–Trinajstić information content (AvgIpc) is 3.25. The first-order valence-corrected chi connectivity index (χ1v) is 8.18. The number of hydrogen-bond acceptors (Lipinski definition) is 3. The van der Waals surface area contributed by atoms with Gasteiger partial charge in [-0.15, -0.1) is 0 Å². The number of hydrogen-bond donors (Lipinski definition) is 1. The fraction of sp³-hybridized carbons (Fsp3) is 0.667. The van der Waals surface area contributed by atoms with Crippen molar-refractivity contribution in [2.45, 2.75) is 46.2 Å². The van der Waals surface area contributed by atoms with E-state index in [-0.39, 0.29) is 0 Å². The van der Waals surface area contributed by atoms with E-state index in [1.54, 1.807) is 0 Å². The molecule has 1 saturated carbocycles. The monoisotopic (exact) mass is 290 g/mol. The molecule has 1 N–H and O–H groups in total. The third-order valence-electron chi connectivity index (χ3n) is 3.97. The molecule has 1 aromatic carbocycles. The molecule has 118 valence electrons. The number of likely N-dealkylation sites (N-methyl/N-ethyl adjacent to an activating group) is 1. The fourth-order valence-corrected chi connectivity index (χ4v) is 2.40. The second kappa shape index (κ2) is 7.81. The van der Waals surface area contributed by atoms with E-state index in [1.165, 1.54) is 29.7 Å². The lowest BCUT2D eigenvalue weighted by molar-refractivity contribution is 0.131. The standard InChI is InChI=1S/C18H30N2O/c1-14(2)19-12-17-11-15(3)5-8-18(17)20(4)9-10-21-13-16-6-7-16/h5,8,11,14,16,19H,6-7,9-10,12-13H2,1-4H3. The molecule has 0 atom stereocenters. The minimum atomic E-state index is 0.505. The topological polar surface area (TPSA) is 24.5 Å². The molecular formula is C18H30N2O. The molecule has 0 aliphatic heterocycles. The third-order valence-corrected chi connectivity index (χ3v) is 3.97. The van der Waals surface area contributed by atoms with Gasteiger partial charge in [-0.05, 0) is 37.3 Å². The van der Waals surface area contributed by atoms with Gasteiger partial charge >= 0.3 is 0 Å². The van der Waals surface area contributed by atoms with Crippen LogP contribution in [0.4, 0.5) is 5.69 Å². The summed E-state index contributed by atoms with van der Waals surface area (Å²) in [5.41, 5.74) is 4.00. The van der Waals surface area contributed by atoms with Gasteiger partial charge in [-0.3, -0.25) is 0 Å². The summed E-state index contributed by atoms with van der Waals surface area (Å²) >= 11 is 0. The van der Waals surface area contributed by atoms with Crippen molar-refractivity contribution in [3.8, 4) is 0 Å². The summed E-state index contributed by atoms with van der Waals surface area (Å²) in [6, 6.07) is 7.21. The van der Waals surface area contributed by atoms with Crippen molar-refractivity contribution < 1.29 is 4.74 Å². The molecule has 1 fully saturated rings. The molecule has 0 spiro atoms. The van der Waals surface area contributed by atoms with Crippen molar-refractivity contribution in [3.05, 3.63) is 29.3 Å². The molecule has 0 radical (unpaired) electrons. The van der Waals surface area contributed by atoms with Crippen LogP contribution in [-0.2, 0) is 11.3 Å². The van der Waals surface area contributed by atoms with E-state index < -0.39 is 0 Å². The van der Waals surface area contributed by atoms with Crippen molar-refractivity contribution >= 4 is 5.69 Å². The highest BCUT2D eigenvalue weighted by Gasteiger charge is 2.21. The predicted molar refractivity (Wildman–Crippen MR) is 90.0 cm³/mol. The Kier molecular flexibility index (Phi) is 6.07. The minimum absolute atomic E-state index is 0.505. The van der Waals surface area contributed by atoms with Crippen LogP contribution in [0.1, 0.15) is 37.8 Å². The molecule has 0 heterocycles. The van der Waals surface area contributed by atoms with Crippen LogP contribution in [0, 0.1) is 12.8 Å². The Labute approximate surface area is 129 Å². The lowest BCUT2D eigenvalue weighted by Gasteiger charge is -2.23. The van der Waals surface area contributed by atoms with Crippen LogP contribution in [0.25, 0.3) is 0 Å². The minimum Gasteiger partial charge on any atom is -0.379 e. The molecule has 0 unspecified atom stereocenters. The normalized spacial score (nSPS) is 14.7. The molecule has 0 bridgehead atoms. The van der Waals surface area contributed by atoms with Gasteiger partial charge in [-0.1, -0.05) is 31.5 Å². The van der Waals surface area contributed by atoms with Crippen LogP contribution in [0.5, 0.6) is 0 Å². The summed E-state index contributed by atoms with van der Waals surface area (Å²) in [5.74, 6) is 0.848. The molecule has 3 nitrogen and oxygen atoms in total. The van der Waals surface area contributed by atoms with Gasteiger partial charge in [0.1, 0.15) is 0 Å². The highest BCUT2D eigenvalue weighted by molar-refractivity contribution is 5.54. The van der Waals surface area contributed by atoms with E-state index in [1.807, 2.05) is 0 Å². The van der Waals surface area contributed by atoms with Gasteiger partial charge in [0.2, 0.25) is 0 Å². The van der Waals surface area contributed by atoms with Crippen molar-refractivity contribution in [3.63, 3.8) is 0 Å². The number of aryl methyl sites for hydroxylation is 1. The number of benzene rings is 1. The molecular weight excluding hydrogens is 260 g/mol. The lowest BCUT2D eigenvalue weighted by Crippen LogP contribution is -2.27. The first kappa shape index (κ1) is 16.3. The Morgan fingerprint density at radius 1 is 1.33 bits per heavy atom. The summed E-state index contributed by atoms with van der Waals surface area (Å²) in [4.78, 5) is 2.31. The Balaban J connectivity index is 1.88. The molecule has 1 aliphatic rings. The van der Waals surface area contributed by atoms with Crippen molar-refractivity contribution in [1.29, 1.82) is 0 Å². The number of nitrogens with one attached hydrogen (secondary N) is 1. The highest BCUT2D eigenvalue weighted by atomic mass is 16.5. The maximum absolute atomic E-state index is 5.75. The van der Waals surface area contributed by atoms with E-state index in [2.05, 4.69) is 56.2 Å². The van der Waals surface area contributed by atoms with Gasteiger partial charge < -0.3 is 15.0 Å². The van der Waals surface area contributed by atoms with Gasteiger partial charge in [-0.2, -0.15) is 0 Å². The molecule has 21 heavy (non-hydrogen) atoms. The van der Waals surface area contributed by atoms with Gasteiger partial charge in [0.05, 0.1) is 6.61 Å². The largest absolute Gasteiger partial charge is 0.379 e. The molecule has 0 aromatic heterocycles. The van der Waals surface area contributed by atoms with Crippen molar-refractivity contribution in [2.24, 2.45) is 5.92 Å². The first-order chi connectivity index (χ1) is 10.1. The summed E-state index contributed by atoms with van der Waals surface area (Å²) < 4.78 is 5.75. The zero-order valence-corrected chi connectivity index (χ0v) is 14.0. The van der Waals surface area contributed by atoms with E-state index in [9.17, 15) is 0 Å². The Bertz CT molecular complexity index is 441. The lowest BCUT2D eigenvalue weighted by atomic mass is 10.1. The van der Waals surface area contributed by atoms with Crippen LogP contribution < -0.4 is 10.2 Å². The molecule has 0 amide bonds. The van der Waals surface area contributed by atoms with E-state index in [0.717, 1.165) is 32.2 Å². The Morgan fingerprint density at radius 3 is 2.76 bits per heavy atom. The summed E-state index contributed by atoms with van der Waals surface area (Å²) in [5, 5.41) is 3.52. The maximum atomic E-state index is 5.75. The predicted octanol–water partition coefficient (Wildman–Crippen LogP) is 3.36. The second-order valence-electron chi connectivity index (χ2n) is 6.61. The van der Waals surface area contributed by atoms with Crippen LogP contribution in [-0.4, -0.2) is 32.8 Å². The van der Waals surface area contributed by atoms with Crippen molar-refractivity contribution in [1.82, 2.24) is 5.32 Å². The zero-order chi connectivity index (χ0) is 15.2. The van der Waals surface area contributed by atoms with E-state index in [4.69, 9.17) is 4.74 Å². The van der Waals surface area contributed by atoms with Gasteiger partial charge in [0.25, 0.3) is 0 Å². The molecule has 2 rings (SSSR count). The number of nitrogens with zero attached hydrogens (tertiary/aromatic N) is 1. The smallest absolute Gasteiger partial charge is 0.0641 e. The van der Waals surface area contributed by atoms with Crippen LogP contribution >= 0.6 is 0 Å². The van der Waals surface area contributed by atoms with E-state index in [0.29, 0.717) is 6.04 Å². The first-order valence-electron chi connectivity index (χ1n) is 8.18. The highest BCUT2D eigenvalue weighted by Crippen LogP contribution is 2.28. The van der Waals surface area contributed by atoms with Crippen LogP contribution in [0.2, 0.25) is 0 Å². The SMILES string of the molecule is Cc1ccc(N(C)CCOCC2CC2)c(CNC(C)C)c1. The van der Waals surface area contributed by atoms with E-state index >= 15 is 0 Å². The summed E-state index contributed by atoms with van der Waals surface area (Å²) in [7, 11) is 2.16.